The Labute approximate surface area is 96.4 Å². The third-order valence-electron chi connectivity index (χ3n) is 2.86. The van der Waals surface area contributed by atoms with Crippen LogP contribution in [-0.4, -0.2) is 10.5 Å². The quantitative estimate of drug-likeness (QED) is 0.673. The van der Waals surface area contributed by atoms with E-state index in [1.807, 2.05) is 0 Å². The molecule has 0 spiro atoms. The van der Waals surface area contributed by atoms with Crippen LogP contribution in [0, 0.1) is 0 Å². The highest BCUT2D eigenvalue weighted by molar-refractivity contribution is 5.98. The SMILES string of the molecule is CCCCc1ccccc1C(CC)O[SiH3]. The van der Waals surface area contributed by atoms with Crippen LogP contribution < -0.4 is 0 Å². The molecule has 2 heteroatoms. The van der Waals surface area contributed by atoms with Gasteiger partial charge in [0.2, 0.25) is 0 Å². The largest absolute Gasteiger partial charge is 0.421 e. The maximum atomic E-state index is 5.65. The molecule has 1 nitrogen and oxygen atoms in total. The summed E-state index contributed by atoms with van der Waals surface area (Å²) in [7, 11) is 0.820. The molecule has 0 radical (unpaired) electrons. The fourth-order valence-electron chi connectivity index (χ4n) is 1.96. The van der Waals surface area contributed by atoms with Crippen LogP contribution in [-0.2, 0) is 10.8 Å². The van der Waals surface area contributed by atoms with Crippen LogP contribution in [0.4, 0.5) is 0 Å². The van der Waals surface area contributed by atoms with Crippen molar-refractivity contribution in [3.05, 3.63) is 35.4 Å². The Hall–Kier alpha value is -0.603. The summed E-state index contributed by atoms with van der Waals surface area (Å²) in [5, 5.41) is 0. The molecule has 1 aromatic rings. The first kappa shape index (κ1) is 12.5. The van der Waals surface area contributed by atoms with Crippen molar-refractivity contribution in [2.45, 2.75) is 45.6 Å². The summed E-state index contributed by atoms with van der Waals surface area (Å²) in [5.74, 6) is 0. The highest BCUT2D eigenvalue weighted by atomic mass is 28.2. The number of aryl methyl sites for hydroxylation is 1. The van der Waals surface area contributed by atoms with Crippen molar-refractivity contribution >= 4 is 10.5 Å². The molecule has 1 rings (SSSR count). The third-order valence-corrected chi connectivity index (χ3v) is 3.43. The zero-order valence-electron chi connectivity index (χ0n) is 10.1. The molecule has 15 heavy (non-hydrogen) atoms. The van der Waals surface area contributed by atoms with E-state index in [1.54, 1.807) is 0 Å². The predicted octanol–water partition coefficient (Wildman–Crippen LogP) is 2.78. The van der Waals surface area contributed by atoms with Gasteiger partial charge in [0.05, 0.1) is 6.10 Å². The second-order valence-electron chi connectivity index (χ2n) is 3.93. The van der Waals surface area contributed by atoms with Crippen LogP contribution in [0.15, 0.2) is 24.3 Å². The minimum absolute atomic E-state index is 0.324. The highest BCUT2D eigenvalue weighted by Crippen LogP contribution is 2.24. The molecule has 0 aliphatic carbocycles. The Kier molecular flexibility index (Phi) is 5.65. The molecule has 0 saturated heterocycles. The van der Waals surface area contributed by atoms with Gasteiger partial charge in [-0.25, -0.2) is 0 Å². The van der Waals surface area contributed by atoms with Crippen LogP contribution in [0.1, 0.15) is 50.3 Å². The number of benzene rings is 1. The Balaban J connectivity index is 2.84. The minimum Gasteiger partial charge on any atom is -0.421 e. The standard InChI is InChI=1S/C13H22OSi/c1-3-5-8-11-9-6-7-10-12(11)13(4-2)14-15/h6-7,9-10,13H,3-5,8H2,1-2,15H3. The summed E-state index contributed by atoms with van der Waals surface area (Å²) in [6, 6.07) is 8.72. The Morgan fingerprint density at radius 1 is 1.27 bits per heavy atom. The maximum Gasteiger partial charge on any atom is 0.146 e. The van der Waals surface area contributed by atoms with Gasteiger partial charge in [-0.05, 0) is 30.4 Å². The topological polar surface area (TPSA) is 9.23 Å². The molecular formula is C13H22OSi. The second kappa shape index (κ2) is 6.80. The molecule has 0 aromatic heterocycles. The van der Waals surface area contributed by atoms with E-state index in [1.165, 1.54) is 30.4 Å². The summed E-state index contributed by atoms with van der Waals surface area (Å²) >= 11 is 0. The summed E-state index contributed by atoms with van der Waals surface area (Å²) in [4.78, 5) is 0. The molecule has 0 fully saturated rings. The monoisotopic (exact) mass is 222 g/mol. The lowest BCUT2D eigenvalue weighted by Gasteiger charge is -2.18. The summed E-state index contributed by atoms with van der Waals surface area (Å²) in [6.07, 6.45) is 5.12. The maximum absolute atomic E-state index is 5.65. The molecule has 0 heterocycles. The molecule has 0 amide bonds. The van der Waals surface area contributed by atoms with Crippen LogP contribution in [0.25, 0.3) is 0 Å². The van der Waals surface area contributed by atoms with Crippen molar-refractivity contribution in [2.24, 2.45) is 0 Å². The van der Waals surface area contributed by atoms with Crippen molar-refractivity contribution in [1.82, 2.24) is 0 Å². The van der Waals surface area contributed by atoms with E-state index in [-0.39, 0.29) is 0 Å². The van der Waals surface area contributed by atoms with Crippen molar-refractivity contribution in [2.75, 3.05) is 0 Å². The van der Waals surface area contributed by atoms with Crippen LogP contribution in [0.5, 0.6) is 0 Å². The van der Waals surface area contributed by atoms with Gasteiger partial charge in [-0.2, -0.15) is 0 Å². The van der Waals surface area contributed by atoms with Crippen molar-refractivity contribution in [3.63, 3.8) is 0 Å². The predicted molar refractivity (Wildman–Crippen MR) is 69.1 cm³/mol. The molecule has 84 valence electrons. The first-order valence-electron chi connectivity index (χ1n) is 5.94. The van der Waals surface area contributed by atoms with E-state index in [0.717, 1.165) is 16.9 Å². The van der Waals surface area contributed by atoms with Gasteiger partial charge in [0.15, 0.2) is 0 Å². The zero-order valence-corrected chi connectivity index (χ0v) is 12.1. The van der Waals surface area contributed by atoms with Crippen molar-refractivity contribution in [1.29, 1.82) is 0 Å². The smallest absolute Gasteiger partial charge is 0.146 e. The van der Waals surface area contributed by atoms with Crippen molar-refractivity contribution in [3.8, 4) is 0 Å². The Morgan fingerprint density at radius 3 is 2.60 bits per heavy atom. The number of unbranched alkanes of at least 4 members (excludes halogenated alkanes) is 1. The molecule has 0 bridgehead atoms. The third kappa shape index (κ3) is 3.47. The van der Waals surface area contributed by atoms with Gasteiger partial charge in [0.1, 0.15) is 10.5 Å². The van der Waals surface area contributed by atoms with Crippen molar-refractivity contribution < 1.29 is 4.43 Å². The van der Waals surface area contributed by atoms with Crippen LogP contribution >= 0.6 is 0 Å². The number of hydrogen-bond donors (Lipinski definition) is 0. The number of rotatable bonds is 6. The molecule has 1 aromatic carbocycles. The second-order valence-corrected chi connectivity index (χ2v) is 4.41. The minimum atomic E-state index is 0.324. The normalized spacial score (nSPS) is 12.9. The first-order valence-corrected chi connectivity index (χ1v) is 6.75. The Morgan fingerprint density at radius 2 is 2.00 bits per heavy atom. The lowest BCUT2D eigenvalue weighted by molar-refractivity contribution is 0.221. The van der Waals surface area contributed by atoms with Gasteiger partial charge in [0, 0.05) is 0 Å². The molecule has 0 aliphatic heterocycles. The van der Waals surface area contributed by atoms with E-state index in [2.05, 4.69) is 38.1 Å². The number of hydrogen-bond acceptors (Lipinski definition) is 1. The molecule has 1 unspecified atom stereocenters. The van der Waals surface area contributed by atoms with E-state index in [4.69, 9.17) is 4.43 Å². The zero-order chi connectivity index (χ0) is 11.1. The van der Waals surface area contributed by atoms with Crippen LogP contribution in [0.2, 0.25) is 0 Å². The van der Waals surface area contributed by atoms with E-state index < -0.39 is 0 Å². The average Bonchev–Trinajstić information content (AvgIpc) is 2.29. The molecule has 1 atom stereocenters. The van der Waals surface area contributed by atoms with E-state index >= 15 is 0 Å². The lowest BCUT2D eigenvalue weighted by Crippen LogP contribution is -2.04. The van der Waals surface area contributed by atoms with Gasteiger partial charge < -0.3 is 4.43 Å². The van der Waals surface area contributed by atoms with Gasteiger partial charge in [0.25, 0.3) is 0 Å². The van der Waals surface area contributed by atoms with Gasteiger partial charge >= 0.3 is 0 Å². The Bertz CT molecular complexity index is 282. The molecule has 0 aliphatic rings. The van der Waals surface area contributed by atoms with E-state index in [9.17, 15) is 0 Å². The molecular weight excluding hydrogens is 200 g/mol. The van der Waals surface area contributed by atoms with Gasteiger partial charge in [-0.15, -0.1) is 0 Å². The van der Waals surface area contributed by atoms with E-state index in [0.29, 0.717) is 6.10 Å². The summed E-state index contributed by atoms with van der Waals surface area (Å²) in [5.41, 5.74) is 2.88. The summed E-state index contributed by atoms with van der Waals surface area (Å²) < 4.78 is 5.65. The lowest BCUT2D eigenvalue weighted by atomic mass is 9.97. The summed E-state index contributed by atoms with van der Waals surface area (Å²) in [6.45, 7) is 4.43. The fourth-order valence-corrected chi connectivity index (χ4v) is 2.54. The first-order chi connectivity index (χ1) is 7.33. The van der Waals surface area contributed by atoms with Gasteiger partial charge in [-0.1, -0.05) is 44.5 Å². The average molecular weight is 222 g/mol. The highest BCUT2D eigenvalue weighted by Gasteiger charge is 2.10. The van der Waals surface area contributed by atoms with Crippen LogP contribution in [0.3, 0.4) is 0 Å². The molecule has 0 N–H and O–H groups in total. The fraction of sp³-hybridized carbons (Fsp3) is 0.538. The van der Waals surface area contributed by atoms with Gasteiger partial charge in [-0.3, -0.25) is 0 Å². The molecule has 0 saturated carbocycles.